The van der Waals surface area contributed by atoms with E-state index in [1.54, 1.807) is 36.1 Å². The van der Waals surface area contributed by atoms with Gasteiger partial charge in [0.25, 0.3) is 0 Å². The summed E-state index contributed by atoms with van der Waals surface area (Å²) in [4.78, 5) is 26.1. The monoisotopic (exact) mass is 285 g/mol. The Hall–Kier alpha value is -2.35. The molecule has 0 spiro atoms. The third-order valence-corrected chi connectivity index (χ3v) is 3.67. The van der Waals surface area contributed by atoms with E-state index in [0.717, 1.165) is 25.9 Å². The molecule has 2 atom stereocenters. The van der Waals surface area contributed by atoms with E-state index in [0.29, 0.717) is 5.56 Å². The number of nitrogens with one attached hydrogen (secondary N) is 1. The Labute approximate surface area is 124 Å². The standard InChI is InChI=1S/C16H19N3O2/c1-12(16(21)19-9-5-6-10-19)18-15(20)14(11-17)13-7-3-2-4-8-13/h2-4,7-8,12,14H,5-6,9-10H2,1H3,(H,18,20). The highest BCUT2D eigenvalue weighted by molar-refractivity contribution is 5.91. The van der Waals surface area contributed by atoms with Crippen molar-refractivity contribution in [3.05, 3.63) is 35.9 Å². The predicted molar refractivity (Wildman–Crippen MR) is 78.2 cm³/mol. The fourth-order valence-electron chi connectivity index (χ4n) is 2.50. The summed E-state index contributed by atoms with van der Waals surface area (Å²) in [5.74, 6) is -1.39. The van der Waals surface area contributed by atoms with Gasteiger partial charge in [0.2, 0.25) is 11.8 Å². The van der Waals surface area contributed by atoms with Gasteiger partial charge in [0.05, 0.1) is 6.07 Å². The minimum atomic E-state index is -0.889. The second-order valence-electron chi connectivity index (χ2n) is 5.24. The van der Waals surface area contributed by atoms with Gasteiger partial charge in [-0.3, -0.25) is 9.59 Å². The number of benzene rings is 1. The van der Waals surface area contributed by atoms with Crippen molar-refractivity contribution in [2.75, 3.05) is 13.1 Å². The minimum Gasteiger partial charge on any atom is -0.343 e. The van der Waals surface area contributed by atoms with Crippen LogP contribution in [0.4, 0.5) is 0 Å². The Bertz CT molecular complexity index is 544. The first-order chi connectivity index (χ1) is 10.1. The maximum atomic E-state index is 12.2. The topological polar surface area (TPSA) is 73.2 Å². The molecule has 2 amide bonds. The summed E-state index contributed by atoms with van der Waals surface area (Å²) in [6.07, 6.45) is 2.02. The van der Waals surface area contributed by atoms with Crippen LogP contribution in [0.3, 0.4) is 0 Å². The van der Waals surface area contributed by atoms with Crippen LogP contribution in [0.25, 0.3) is 0 Å². The van der Waals surface area contributed by atoms with Crippen molar-refractivity contribution in [2.24, 2.45) is 0 Å². The van der Waals surface area contributed by atoms with Gasteiger partial charge in [0, 0.05) is 13.1 Å². The Morgan fingerprint density at radius 3 is 2.43 bits per heavy atom. The molecule has 1 heterocycles. The fourth-order valence-corrected chi connectivity index (χ4v) is 2.50. The van der Waals surface area contributed by atoms with E-state index in [9.17, 15) is 14.9 Å². The highest BCUT2D eigenvalue weighted by Crippen LogP contribution is 2.15. The van der Waals surface area contributed by atoms with Gasteiger partial charge in [0.1, 0.15) is 12.0 Å². The van der Waals surface area contributed by atoms with E-state index in [1.807, 2.05) is 12.1 Å². The molecule has 110 valence electrons. The van der Waals surface area contributed by atoms with Gasteiger partial charge in [-0.15, -0.1) is 0 Å². The van der Waals surface area contributed by atoms with Gasteiger partial charge in [0.15, 0.2) is 0 Å². The number of amides is 2. The molecule has 1 saturated heterocycles. The van der Waals surface area contributed by atoms with Crippen LogP contribution in [0.15, 0.2) is 30.3 Å². The van der Waals surface area contributed by atoms with E-state index in [1.165, 1.54) is 0 Å². The Kier molecular flexibility index (Phi) is 4.94. The first kappa shape index (κ1) is 15.0. The molecule has 1 aliphatic rings. The number of nitrogens with zero attached hydrogens (tertiary/aromatic N) is 2. The lowest BCUT2D eigenvalue weighted by atomic mass is 9.99. The van der Waals surface area contributed by atoms with E-state index in [4.69, 9.17) is 0 Å². The largest absolute Gasteiger partial charge is 0.343 e. The van der Waals surface area contributed by atoms with Crippen molar-refractivity contribution < 1.29 is 9.59 Å². The van der Waals surface area contributed by atoms with Gasteiger partial charge in [-0.05, 0) is 25.3 Å². The molecule has 21 heavy (non-hydrogen) atoms. The van der Waals surface area contributed by atoms with Crippen molar-refractivity contribution in [2.45, 2.75) is 31.7 Å². The van der Waals surface area contributed by atoms with Crippen LogP contribution in [-0.4, -0.2) is 35.8 Å². The summed E-state index contributed by atoms with van der Waals surface area (Å²) < 4.78 is 0. The highest BCUT2D eigenvalue weighted by Gasteiger charge is 2.27. The third-order valence-electron chi connectivity index (χ3n) is 3.67. The summed E-state index contributed by atoms with van der Waals surface area (Å²) >= 11 is 0. The fraction of sp³-hybridized carbons (Fsp3) is 0.438. The average molecular weight is 285 g/mol. The molecule has 5 heteroatoms. The zero-order valence-corrected chi connectivity index (χ0v) is 12.1. The molecule has 1 aromatic carbocycles. The van der Waals surface area contributed by atoms with Gasteiger partial charge in [-0.25, -0.2) is 0 Å². The first-order valence-corrected chi connectivity index (χ1v) is 7.17. The molecule has 1 aromatic rings. The zero-order valence-electron chi connectivity index (χ0n) is 12.1. The van der Waals surface area contributed by atoms with Gasteiger partial charge in [-0.1, -0.05) is 30.3 Å². The van der Waals surface area contributed by atoms with E-state index < -0.39 is 17.9 Å². The van der Waals surface area contributed by atoms with Crippen LogP contribution in [-0.2, 0) is 9.59 Å². The second-order valence-corrected chi connectivity index (χ2v) is 5.24. The van der Waals surface area contributed by atoms with Crippen molar-refractivity contribution in [3.63, 3.8) is 0 Å². The van der Waals surface area contributed by atoms with Gasteiger partial charge >= 0.3 is 0 Å². The summed E-state index contributed by atoms with van der Waals surface area (Å²) in [6.45, 7) is 3.16. The maximum absolute atomic E-state index is 12.2. The molecule has 0 aliphatic carbocycles. The van der Waals surface area contributed by atoms with Crippen LogP contribution < -0.4 is 5.32 Å². The molecule has 1 aliphatic heterocycles. The molecule has 0 radical (unpaired) electrons. The molecule has 5 nitrogen and oxygen atoms in total. The molecule has 0 bridgehead atoms. The Balaban J connectivity index is 1.99. The Morgan fingerprint density at radius 1 is 1.24 bits per heavy atom. The maximum Gasteiger partial charge on any atom is 0.244 e. The van der Waals surface area contributed by atoms with E-state index in [2.05, 4.69) is 5.32 Å². The number of nitriles is 1. The van der Waals surface area contributed by atoms with Crippen molar-refractivity contribution >= 4 is 11.8 Å². The van der Waals surface area contributed by atoms with Crippen molar-refractivity contribution in [3.8, 4) is 6.07 Å². The summed E-state index contributed by atoms with van der Waals surface area (Å²) in [6, 6.07) is 10.3. The third kappa shape index (κ3) is 3.60. The number of carbonyl (C=O) groups is 2. The van der Waals surface area contributed by atoms with Crippen LogP contribution in [0, 0.1) is 11.3 Å². The lowest BCUT2D eigenvalue weighted by Crippen LogP contribution is -2.47. The summed E-state index contributed by atoms with van der Waals surface area (Å²) in [7, 11) is 0. The SMILES string of the molecule is CC(NC(=O)C(C#N)c1ccccc1)C(=O)N1CCCC1. The molecular weight excluding hydrogens is 266 g/mol. The molecule has 2 rings (SSSR count). The van der Waals surface area contributed by atoms with Crippen LogP contribution in [0.5, 0.6) is 0 Å². The Morgan fingerprint density at radius 2 is 1.86 bits per heavy atom. The first-order valence-electron chi connectivity index (χ1n) is 7.17. The molecule has 0 saturated carbocycles. The number of likely N-dealkylation sites (tertiary alicyclic amines) is 1. The van der Waals surface area contributed by atoms with Crippen molar-refractivity contribution in [1.29, 1.82) is 5.26 Å². The van der Waals surface area contributed by atoms with Gasteiger partial charge < -0.3 is 10.2 Å². The quantitative estimate of drug-likeness (QED) is 0.909. The van der Waals surface area contributed by atoms with Crippen LogP contribution in [0.1, 0.15) is 31.2 Å². The summed E-state index contributed by atoms with van der Waals surface area (Å²) in [5.41, 5.74) is 0.637. The van der Waals surface area contributed by atoms with E-state index >= 15 is 0 Å². The minimum absolute atomic E-state index is 0.0781. The lowest BCUT2D eigenvalue weighted by Gasteiger charge is -2.22. The lowest BCUT2D eigenvalue weighted by molar-refractivity contribution is -0.135. The molecule has 1 N–H and O–H groups in total. The normalized spacial score (nSPS) is 16.9. The molecular formula is C16H19N3O2. The average Bonchev–Trinajstić information content (AvgIpc) is 3.02. The van der Waals surface area contributed by atoms with Crippen LogP contribution >= 0.6 is 0 Å². The number of hydrogen-bond donors (Lipinski definition) is 1. The zero-order chi connectivity index (χ0) is 15.2. The van der Waals surface area contributed by atoms with Crippen molar-refractivity contribution in [1.82, 2.24) is 10.2 Å². The predicted octanol–water partition coefficient (Wildman–Crippen LogP) is 1.42. The molecule has 1 fully saturated rings. The highest BCUT2D eigenvalue weighted by atomic mass is 16.2. The molecule has 2 unspecified atom stereocenters. The molecule has 0 aromatic heterocycles. The number of hydrogen-bond acceptors (Lipinski definition) is 3. The van der Waals surface area contributed by atoms with E-state index in [-0.39, 0.29) is 5.91 Å². The summed E-state index contributed by atoms with van der Waals surface area (Å²) in [5, 5.41) is 11.9. The smallest absolute Gasteiger partial charge is 0.244 e. The second kappa shape index (κ2) is 6.89. The number of carbonyl (C=O) groups excluding carboxylic acids is 2. The number of rotatable bonds is 4. The van der Waals surface area contributed by atoms with Crippen LogP contribution in [0.2, 0.25) is 0 Å². The van der Waals surface area contributed by atoms with Gasteiger partial charge in [-0.2, -0.15) is 5.26 Å².